The van der Waals surface area contributed by atoms with Crippen LogP contribution in [0.5, 0.6) is 0 Å². The number of hydrogen-bond acceptors (Lipinski definition) is 2. The molecule has 0 aromatic rings. The van der Waals surface area contributed by atoms with Gasteiger partial charge in [0, 0.05) is 19.1 Å². The zero-order valence-corrected chi connectivity index (χ0v) is 12.7. The molecule has 106 valence electrons. The van der Waals surface area contributed by atoms with Crippen molar-refractivity contribution in [1.29, 1.82) is 0 Å². The molecule has 0 heterocycles. The first-order valence-corrected chi connectivity index (χ1v) is 8.14. The van der Waals surface area contributed by atoms with E-state index in [0.717, 1.165) is 18.5 Å². The lowest BCUT2D eigenvalue weighted by molar-refractivity contribution is 0.0791. The lowest BCUT2D eigenvalue weighted by Gasteiger charge is -2.43. The summed E-state index contributed by atoms with van der Waals surface area (Å²) in [6.07, 6.45) is 8.65. The quantitative estimate of drug-likeness (QED) is 0.748. The summed E-state index contributed by atoms with van der Waals surface area (Å²) in [6, 6.07) is 0.922. The van der Waals surface area contributed by atoms with Crippen LogP contribution >= 0.6 is 0 Å². The van der Waals surface area contributed by atoms with E-state index < -0.39 is 0 Å². The van der Waals surface area contributed by atoms with Crippen LogP contribution in [0.4, 0.5) is 0 Å². The van der Waals surface area contributed by atoms with Crippen LogP contribution in [0.25, 0.3) is 0 Å². The van der Waals surface area contributed by atoms with E-state index in [-0.39, 0.29) is 0 Å². The van der Waals surface area contributed by atoms with Gasteiger partial charge in [-0.25, -0.2) is 0 Å². The minimum atomic E-state index is 0.562. The summed E-state index contributed by atoms with van der Waals surface area (Å²) >= 11 is 0. The molecule has 2 atom stereocenters. The van der Waals surface area contributed by atoms with Crippen molar-refractivity contribution in [3.63, 3.8) is 0 Å². The van der Waals surface area contributed by atoms with Gasteiger partial charge in [-0.15, -0.1) is 0 Å². The van der Waals surface area contributed by atoms with Crippen molar-refractivity contribution in [2.75, 3.05) is 26.2 Å². The van der Waals surface area contributed by atoms with E-state index in [1.807, 2.05) is 0 Å². The second-order valence-corrected chi connectivity index (χ2v) is 6.78. The molecule has 2 aliphatic carbocycles. The second-order valence-electron chi connectivity index (χ2n) is 6.78. The molecule has 0 radical (unpaired) electrons. The molecule has 2 unspecified atom stereocenters. The molecular weight excluding hydrogens is 220 g/mol. The van der Waals surface area contributed by atoms with Gasteiger partial charge in [0.2, 0.25) is 0 Å². The fourth-order valence-corrected chi connectivity index (χ4v) is 3.89. The Hall–Kier alpha value is -0.0800. The Balaban J connectivity index is 1.97. The first-order valence-electron chi connectivity index (χ1n) is 8.14. The smallest absolute Gasteiger partial charge is 0.00965 e. The van der Waals surface area contributed by atoms with Gasteiger partial charge in [0.05, 0.1) is 0 Å². The van der Waals surface area contributed by atoms with E-state index in [4.69, 9.17) is 0 Å². The van der Waals surface area contributed by atoms with Gasteiger partial charge in [-0.1, -0.05) is 33.6 Å². The summed E-state index contributed by atoms with van der Waals surface area (Å²) in [5.41, 5.74) is 0.562. The highest BCUT2D eigenvalue weighted by molar-refractivity contribution is 4.93. The molecule has 2 rings (SSSR count). The summed E-state index contributed by atoms with van der Waals surface area (Å²) < 4.78 is 0. The summed E-state index contributed by atoms with van der Waals surface area (Å²) in [6.45, 7) is 12.0. The van der Waals surface area contributed by atoms with Gasteiger partial charge in [-0.3, -0.25) is 0 Å². The molecule has 0 saturated heterocycles. The average molecular weight is 252 g/mol. The van der Waals surface area contributed by atoms with Gasteiger partial charge in [0.25, 0.3) is 0 Å². The number of nitrogens with one attached hydrogen (secondary N) is 1. The van der Waals surface area contributed by atoms with Crippen molar-refractivity contribution in [1.82, 2.24) is 10.2 Å². The Kier molecular flexibility index (Phi) is 5.08. The summed E-state index contributed by atoms with van der Waals surface area (Å²) in [5.74, 6) is 0.926. The van der Waals surface area contributed by atoms with Crippen molar-refractivity contribution in [3.8, 4) is 0 Å². The second kappa shape index (κ2) is 6.38. The van der Waals surface area contributed by atoms with Gasteiger partial charge in [0.1, 0.15) is 0 Å². The van der Waals surface area contributed by atoms with E-state index in [2.05, 4.69) is 31.0 Å². The third-order valence-electron chi connectivity index (χ3n) is 4.94. The standard InChI is InChI=1S/C16H32N2/c1-4-17-12-16(10-6-7-14(3)11-16)13-18(5-2)15-8-9-15/h14-15,17H,4-13H2,1-3H3. The number of nitrogens with zero attached hydrogens (tertiary/aromatic N) is 1. The fraction of sp³-hybridized carbons (Fsp3) is 1.00. The molecular formula is C16H32N2. The van der Waals surface area contributed by atoms with Crippen LogP contribution < -0.4 is 5.32 Å². The zero-order chi connectivity index (χ0) is 13.0. The summed E-state index contributed by atoms with van der Waals surface area (Å²) in [4.78, 5) is 2.76. The molecule has 1 N–H and O–H groups in total. The predicted molar refractivity (Wildman–Crippen MR) is 78.9 cm³/mol. The highest BCUT2D eigenvalue weighted by Gasteiger charge is 2.39. The van der Waals surface area contributed by atoms with Crippen molar-refractivity contribution in [2.45, 2.75) is 65.3 Å². The highest BCUT2D eigenvalue weighted by atomic mass is 15.2. The van der Waals surface area contributed by atoms with E-state index in [1.165, 1.54) is 58.2 Å². The SMILES string of the molecule is CCNCC1(CN(CC)C2CC2)CCCC(C)C1. The monoisotopic (exact) mass is 252 g/mol. The van der Waals surface area contributed by atoms with Crippen LogP contribution in [-0.4, -0.2) is 37.1 Å². The predicted octanol–water partition coefficient (Wildman–Crippen LogP) is 3.28. The first-order chi connectivity index (χ1) is 8.69. The molecule has 2 nitrogen and oxygen atoms in total. The molecule has 0 aliphatic heterocycles. The molecule has 0 bridgehead atoms. The van der Waals surface area contributed by atoms with Crippen molar-refractivity contribution >= 4 is 0 Å². The van der Waals surface area contributed by atoms with Crippen LogP contribution in [0.2, 0.25) is 0 Å². The Morgan fingerprint density at radius 1 is 1.22 bits per heavy atom. The van der Waals surface area contributed by atoms with E-state index in [1.54, 1.807) is 0 Å². The van der Waals surface area contributed by atoms with Gasteiger partial charge in [-0.05, 0) is 50.1 Å². The molecule has 2 heteroatoms. The third-order valence-corrected chi connectivity index (χ3v) is 4.94. The third kappa shape index (κ3) is 3.71. The van der Waals surface area contributed by atoms with Crippen LogP contribution in [0.1, 0.15) is 59.3 Å². The fourth-order valence-electron chi connectivity index (χ4n) is 3.89. The van der Waals surface area contributed by atoms with E-state index in [0.29, 0.717) is 5.41 Å². The van der Waals surface area contributed by atoms with Crippen molar-refractivity contribution < 1.29 is 0 Å². The average Bonchev–Trinajstić information content (AvgIpc) is 3.18. The Morgan fingerprint density at radius 3 is 2.56 bits per heavy atom. The number of rotatable bonds is 7. The number of hydrogen-bond donors (Lipinski definition) is 1. The molecule has 0 amide bonds. The largest absolute Gasteiger partial charge is 0.316 e. The van der Waals surface area contributed by atoms with Gasteiger partial charge in [0.15, 0.2) is 0 Å². The molecule has 0 aromatic heterocycles. The summed E-state index contributed by atoms with van der Waals surface area (Å²) in [5, 5.41) is 3.64. The molecule has 2 fully saturated rings. The summed E-state index contributed by atoms with van der Waals surface area (Å²) in [7, 11) is 0. The van der Waals surface area contributed by atoms with Crippen molar-refractivity contribution in [2.24, 2.45) is 11.3 Å². The van der Waals surface area contributed by atoms with E-state index in [9.17, 15) is 0 Å². The Labute approximate surface area is 114 Å². The minimum absolute atomic E-state index is 0.562. The highest BCUT2D eigenvalue weighted by Crippen LogP contribution is 2.41. The maximum Gasteiger partial charge on any atom is 0.00965 e. The van der Waals surface area contributed by atoms with Crippen LogP contribution in [-0.2, 0) is 0 Å². The van der Waals surface area contributed by atoms with Gasteiger partial charge in [-0.2, -0.15) is 0 Å². The van der Waals surface area contributed by atoms with Gasteiger partial charge >= 0.3 is 0 Å². The van der Waals surface area contributed by atoms with Crippen LogP contribution in [0.15, 0.2) is 0 Å². The molecule has 2 saturated carbocycles. The lowest BCUT2D eigenvalue weighted by Crippen LogP contribution is -2.47. The Bertz CT molecular complexity index is 249. The molecule has 18 heavy (non-hydrogen) atoms. The van der Waals surface area contributed by atoms with Gasteiger partial charge < -0.3 is 10.2 Å². The first kappa shape index (κ1) is 14.3. The van der Waals surface area contributed by atoms with Crippen molar-refractivity contribution in [3.05, 3.63) is 0 Å². The minimum Gasteiger partial charge on any atom is -0.316 e. The van der Waals surface area contributed by atoms with Crippen LogP contribution in [0, 0.1) is 11.3 Å². The molecule has 0 aromatic carbocycles. The zero-order valence-electron chi connectivity index (χ0n) is 12.7. The maximum atomic E-state index is 3.64. The van der Waals surface area contributed by atoms with E-state index >= 15 is 0 Å². The lowest BCUT2D eigenvalue weighted by atomic mass is 9.69. The molecule has 0 spiro atoms. The maximum absolute atomic E-state index is 3.64. The Morgan fingerprint density at radius 2 is 2.00 bits per heavy atom. The van der Waals surface area contributed by atoms with Crippen LogP contribution in [0.3, 0.4) is 0 Å². The topological polar surface area (TPSA) is 15.3 Å². The molecule has 2 aliphatic rings. The normalized spacial score (nSPS) is 33.0.